The number of phenols is 2. The molecule has 0 fully saturated rings. The molecule has 0 amide bonds. The van der Waals surface area contributed by atoms with Crippen molar-refractivity contribution < 1.29 is 15.0 Å². The smallest absolute Gasteiger partial charge is 0.282 e. The summed E-state index contributed by atoms with van der Waals surface area (Å²) in [6.07, 6.45) is 0. The first kappa shape index (κ1) is 11.2. The van der Waals surface area contributed by atoms with E-state index in [0.29, 0.717) is 5.69 Å². The highest BCUT2D eigenvalue weighted by Gasteiger charge is 2.16. The van der Waals surface area contributed by atoms with Crippen molar-refractivity contribution in [3.05, 3.63) is 41.2 Å². The Bertz CT molecular complexity index is 587. The molecule has 1 aromatic heterocycles. The molecular formula is C12H12N2O3. The first-order valence-corrected chi connectivity index (χ1v) is 5.09. The van der Waals surface area contributed by atoms with Crippen molar-refractivity contribution in [1.29, 1.82) is 0 Å². The molecule has 1 aromatic carbocycles. The van der Waals surface area contributed by atoms with Gasteiger partial charge in [0.05, 0.1) is 11.3 Å². The molecule has 2 aromatic rings. The number of aromatic hydroxyl groups is 2. The van der Waals surface area contributed by atoms with Crippen molar-refractivity contribution in [2.75, 3.05) is 0 Å². The summed E-state index contributed by atoms with van der Waals surface area (Å²) in [5.41, 5.74) is 1.42. The summed E-state index contributed by atoms with van der Waals surface area (Å²) >= 11 is 0. The van der Waals surface area contributed by atoms with Crippen LogP contribution in [0, 0.1) is 13.8 Å². The van der Waals surface area contributed by atoms with Crippen LogP contribution in [0.3, 0.4) is 0 Å². The lowest BCUT2D eigenvalue weighted by atomic mass is 10.2. The normalized spacial score (nSPS) is 10.5. The second kappa shape index (κ2) is 3.93. The number of phenolic OH excluding ortho intramolecular Hbond substituents is 2. The first-order valence-electron chi connectivity index (χ1n) is 5.09. The topological polar surface area (TPSA) is 75.4 Å². The van der Waals surface area contributed by atoms with Gasteiger partial charge in [0, 0.05) is 5.69 Å². The van der Waals surface area contributed by atoms with Crippen molar-refractivity contribution in [1.82, 2.24) is 9.78 Å². The Morgan fingerprint density at radius 1 is 1.24 bits per heavy atom. The highest BCUT2D eigenvalue weighted by Crippen LogP contribution is 2.23. The highest BCUT2D eigenvalue weighted by atomic mass is 16.3. The fourth-order valence-corrected chi connectivity index (χ4v) is 1.64. The molecule has 5 heteroatoms. The largest absolute Gasteiger partial charge is 0.508 e. The Balaban J connectivity index is 2.50. The van der Waals surface area contributed by atoms with E-state index in [1.165, 1.54) is 22.9 Å². The molecule has 2 N–H and O–H groups in total. The zero-order valence-electron chi connectivity index (χ0n) is 9.51. The van der Waals surface area contributed by atoms with Gasteiger partial charge in [-0.15, -0.1) is 0 Å². The molecular weight excluding hydrogens is 220 g/mol. The molecule has 0 spiro atoms. The van der Waals surface area contributed by atoms with Gasteiger partial charge in [0.2, 0.25) is 0 Å². The Labute approximate surface area is 97.9 Å². The maximum absolute atomic E-state index is 12.1. The minimum absolute atomic E-state index is 0.0243. The van der Waals surface area contributed by atoms with Crippen LogP contribution in [0.2, 0.25) is 0 Å². The first-order chi connectivity index (χ1) is 7.99. The minimum Gasteiger partial charge on any atom is -0.508 e. The second-order valence-corrected chi connectivity index (χ2v) is 3.85. The van der Waals surface area contributed by atoms with Gasteiger partial charge < -0.3 is 10.2 Å². The summed E-state index contributed by atoms with van der Waals surface area (Å²) in [4.78, 5) is 12.1. The van der Waals surface area contributed by atoms with E-state index < -0.39 is 5.91 Å². The lowest BCUT2D eigenvalue weighted by Crippen LogP contribution is -2.15. The van der Waals surface area contributed by atoms with E-state index in [9.17, 15) is 15.0 Å². The average Bonchev–Trinajstić information content (AvgIpc) is 2.60. The zero-order chi connectivity index (χ0) is 12.6. The van der Waals surface area contributed by atoms with Gasteiger partial charge >= 0.3 is 0 Å². The molecule has 0 radical (unpaired) electrons. The molecule has 88 valence electrons. The van der Waals surface area contributed by atoms with Gasteiger partial charge in [-0.05, 0) is 38.1 Å². The van der Waals surface area contributed by atoms with Crippen LogP contribution in [-0.4, -0.2) is 25.9 Å². The van der Waals surface area contributed by atoms with E-state index in [0.717, 1.165) is 5.69 Å². The standard InChI is InChI=1S/C12H12N2O3/c1-7-5-8(2)14(13-7)12(17)10-6-9(15)3-4-11(10)16/h3-6,15-16H,1-2H3. The molecule has 0 saturated carbocycles. The maximum atomic E-state index is 12.1. The molecule has 2 rings (SSSR count). The third-order valence-electron chi connectivity index (χ3n) is 2.41. The van der Waals surface area contributed by atoms with Crippen LogP contribution in [0.1, 0.15) is 21.7 Å². The van der Waals surface area contributed by atoms with Gasteiger partial charge in [-0.25, -0.2) is 4.68 Å². The molecule has 1 heterocycles. The molecule has 0 aliphatic heterocycles. The molecule has 0 aliphatic rings. The van der Waals surface area contributed by atoms with Crippen molar-refractivity contribution in [3.63, 3.8) is 0 Å². The monoisotopic (exact) mass is 232 g/mol. The number of carbonyl (C=O) groups is 1. The highest BCUT2D eigenvalue weighted by molar-refractivity contribution is 5.98. The summed E-state index contributed by atoms with van der Waals surface area (Å²) < 4.78 is 1.20. The third kappa shape index (κ3) is 1.99. The van der Waals surface area contributed by atoms with E-state index in [4.69, 9.17) is 0 Å². The molecule has 17 heavy (non-hydrogen) atoms. The zero-order valence-corrected chi connectivity index (χ0v) is 9.51. The van der Waals surface area contributed by atoms with Crippen molar-refractivity contribution in [2.24, 2.45) is 0 Å². The van der Waals surface area contributed by atoms with Crippen LogP contribution in [0.15, 0.2) is 24.3 Å². The van der Waals surface area contributed by atoms with Gasteiger partial charge in [-0.3, -0.25) is 4.79 Å². The minimum atomic E-state index is -0.469. The number of aromatic nitrogens is 2. The number of nitrogens with zero attached hydrogens (tertiary/aromatic N) is 2. The van der Waals surface area contributed by atoms with Crippen LogP contribution >= 0.6 is 0 Å². The van der Waals surface area contributed by atoms with E-state index in [1.807, 2.05) is 0 Å². The van der Waals surface area contributed by atoms with Gasteiger partial charge in [0.15, 0.2) is 0 Å². The fraction of sp³-hybridized carbons (Fsp3) is 0.167. The SMILES string of the molecule is Cc1cc(C)n(C(=O)c2cc(O)ccc2O)n1. The Morgan fingerprint density at radius 2 is 1.94 bits per heavy atom. The molecule has 0 unspecified atom stereocenters. The molecule has 0 bridgehead atoms. The molecule has 5 nitrogen and oxygen atoms in total. The molecule has 0 atom stereocenters. The summed E-state index contributed by atoms with van der Waals surface area (Å²) in [5.74, 6) is -0.725. The van der Waals surface area contributed by atoms with Gasteiger partial charge in [0.1, 0.15) is 11.5 Å². The Morgan fingerprint density at radius 3 is 2.53 bits per heavy atom. The number of benzene rings is 1. The van der Waals surface area contributed by atoms with Gasteiger partial charge in [0.25, 0.3) is 5.91 Å². The number of hydrogen-bond acceptors (Lipinski definition) is 4. The van der Waals surface area contributed by atoms with E-state index in [2.05, 4.69) is 5.10 Å². The van der Waals surface area contributed by atoms with E-state index in [1.54, 1.807) is 19.9 Å². The van der Waals surface area contributed by atoms with Crippen molar-refractivity contribution >= 4 is 5.91 Å². The average molecular weight is 232 g/mol. The van der Waals surface area contributed by atoms with Gasteiger partial charge in [-0.2, -0.15) is 5.10 Å². The summed E-state index contributed by atoms with van der Waals surface area (Å²) in [6.45, 7) is 3.52. The van der Waals surface area contributed by atoms with Crippen molar-refractivity contribution in [3.8, 4) is 11.5 Å². The van der Waals surface area contributed by atoms with Crippen LogP contribution in [0.25, 0.3) is 0 Å². The van der Waals surface area contributed by atoms with Gasteiger partial charge in [-0.1, -0.05) is 0 Å². The van der Waals surface area contributed by atoms with Crippen LogP contribution in [0.5, 0.6) is 11.5 Å². The fourth-order valence-electron chi connectivity index (χ4n) is 1.64. The maximum Gasteiger partial charge on any atom is 0.282 e. The van der Waals surface area contributed by atoms with Crippen molar-refractivity contribution in [2.45, 2.75) is 13.8 Å². The van der Waals surface area contributed by atoms with E-state index >= 15 is 0 Å². The second-order valence-electron chi connectivity index (χ2n) is 3.85. The summed E-state index contributed by atoms with van der Waals surface area (Å²) in [7, 11) is 0. The number of carbonyl (C=O) groups excluding carboxylic acids is 1. The van der Waals surface area contributed by atoms with E-state index in [-0.39, 0.29) is 17.1 Å². The molecule has 0 aliphatic carbocycles. The number of rotatable bonds is 1. The number of hydrogen-bond donors (Lipinski definition) is 2. The predicted octanol–water partition coefficient (Wildman–Crippen LogP) is 1.60. The summed E-state index contributed by atoms with van der Waals surface area (Å²) in [5, 5.41) is 22.9. The van der Waals surface area contributed by atoms with Crippen LogP contribution in [-0.2, 0) is 0 Å². The summed E-state index contributed by atoms with van der Waals surface area (Å²) in [6, 6.07) is 5.56. The lowest BCUT2D eigenvalue weighted by molar-refractivity contribution is 0.0939. The Kier molecular flexibility index (Phi) is 2.59. The quantitative estimate of drug-likeness (QED) is 0.732. The number of aryl methyl sites for hydroxylation is 2. The molecule has 0 saturated heterocycles. The Hall–Kier alpha value is -2.30. The predicted molar refractivity (Wildman–Crippen MR) is 61.2 cm³/mol. The third-order valence-corrected chi connectivity index (χ3v) is 2.41. The van der Waals surface area contributed by atoms with Crippen LogP contribution < -0.4 is 0 Å². The van der Waals surface area contributed by atoms with Crippen LogP contribution in [0.4, 0.5) is 0 Å². The lowest BCUT2D eigenvalue weighted by Gasteiger charge is -2.05.